The molecular formula is C12H25NO2. The van der Waals surface area contributed by atoms with Gasteiger partial charge in [-0.25, -0.2) is 0 Å². The molecule has 0 heterocycles. The molecule has 0 aromatic carbocycles. The highest BCUT2D eigenvalue weighted by atomic mass is 16.5. The number of likely N-dealkylation sites (N-methyl/N-ethyl adjacent to an activating group) is 1. The van der Waals surface area contributed by atoms with Gasteiger partial charge in [-0.3, -0.25) is 9.69 Å². The van der Waals surface area contributed by atoms with Gasteiger partial charge in [-0.05, 0) is 18.9 Å². The van der Waals surface area contributed by atoms with E-state index in [0.29, 0.717) is 13.2 Å². The maximum atomic E-state index is 11.4. The molecule has 0 fully saturated rings. The van der Waals surface area contributed by atoms with Crippen molar-refractivity contribution in [1.29, 1.82) is 0 Å². The van der Waals surface area contributed by atoms with Gasteiger partial charge in [0.15, 0.2) is 0 Å². The summed E-state index contributed by atoms with van der Waals surface area (Å²) >= 11 is 0. The molecule has 0 radical (unpaired) electrons. The first-order chi connectivity index (χ1) is 6.85. The van der Waals surface area contributed by atoms with Gasteiger partial charge in [0.05, 0.1) is 13.2 Å². The lowest BCUT2D eigenvalue weighted by Gasteiger charge is -2.25. The van der Waals surface area contributed by atoms with E-state index < -0.39 is 0 Å². The SMILES string of the molecule is CCCCOC(=O)CN(C)CC(C)(C)C. The van der Waals surface area contributed by atoms with Crippen LogP contribution in [0.1, 0.15) is 40.5 Å². The Morgan fingerprint density at radius 3 is 2.40 bits per heavy atom. The zero-order valence-corrected chi connectivity index (χ0v) is 10.8. The third kappa shape index (κ3) is 9.73. The van der Waals surface area contributed by atoms with Gasteiger partial charge in [0.25, 0.3) is 0 Å². The molecule has 90 valence electrons. The summed E-state index contributed by atoms with van der Waals surface area (Å²) in [6, 6.07) is 0. The van der Waals surface area contributed by atoms with E-state index in [1.165, 1.54) is 0 Å². The number of hydrogen-bond donors (Lipinski definition) is 0. The van der Waals surface area contributed by atoms with Gasteiger partial charge in [-0.1, -0.05) is 34.1 Å². The topological polar surface area (TPSA) is 29.5 Å². The lowest BCUT2D eigenvalue weighted by atomic mass is 9.96. The second-order valence-corrected chi connectivity index (χ2v) is 5.31. The third-order valence-electron chi connectivity index (χ3n) is 1.90. The van der Waals surface area contributed by atoms with Gasteiger partial charge in [-0.15, -0.1) is 0 Å². The summed E-state index contributed by atoms with van der Waals surface area (Å²) in [6.45, 7) is 10.4. The predicted molar refractivity (Wildman–Crippen MR) is 62.8 cm³/mol. The van der Waals surface area contributed by atoms with Gasteiger partial charge in [0.1, 0.15) is 0 Å². The first kappa shape index (κ1) is 14.4. The average molecular weight is 215 g/mol. The molecule has 3 heteroatoms. The first-order valence-electron chi connectivity index (χ1n) is 5.69. The van der Waals surface area contributed by atoms with E-state index in [9.17, 15) is 4.79 Å². The van der Waals surface area contributed by atoms with Gasteiger partial charge in [0, 0.05) is 6.54 Å². The lowest BCUT2D eigenvalue weighted by Crippen LogP contribution is -2.34. The zero-order valence-electron chi connectivity index (χ0n) is 10.8. The van der Waals surface area contributed by atoms with Crippen LogP contribution in [-0.2, 0) is 9.53 Å². The number of carbonyl (C=O) groups is 1. The summed E-state index contributed by atoms with van der Waals surface area (Å²) in [5.74, 6) is -0.116. The Bertz CT molecular complexity index is 185. The van der Waals surface area contributed by atoms with E-state index in [0.717, 1.165) is 19.4 Å². The summed E-state index contributed by atoms with van der Waals surface area (Å²) in [4.78, 5) is 13.4. The molecule has 0 aliphatic carbocycles. The average Bonchev–Trinajstić information content (AvgIpc) is 2.00. The van der Waals surface area contributed by atoms with E-state index in [1.54, 1.807) is 0 Å². The van der Waals surface area contributed by atoms with E-state index >= 15 is 0 Å². The minimum atomic E-state index is -0.116. The van der Waals surface area contributed by atoms with Crippen LogP contribution in [0, 0.1) is 5.41 Å². The smallest absolute Gasteiger partial charge is 0.320 e. The van der Waals surface area contributed by atoms with Crippen molar-refractivity contribution in [3.05, 3.63) is 0 Å². The van der Waals surface area contributed by atoms with Crippen LogP contribution in [0.3, 0.4) is 0 Å². The monoisotopic (exact) mass is 215 g/mol. The van der Waals surface area contributed by atoms with Gasteiger partial charge in [-0.2, -0.15) is 0 Å². The minimum Gasteiger partial charge on any atom is -0.465 e. The van der Waals surface area contributed by atoms with Crippen LogP contribution in [0.4, 0.5) is 0 Å². The van der Waals surface area contributed by atoms with Crippen LogP contribution in [-0.4, -0.2) is 37.6 Å². The molecule has 0 N–H and O–H groups in total. The number of nitrogens with zero attached hydrogens (tertiary/aromatic N) is 1. The fourth-order valence-electron chi connectivity index (χ4n) is 1.46. The summed E-state index contributed by atoms with van der Waals surface area (Å²) in [7, 11) is 1.95. The minimum absolute atomic E-state index is 0.116. The molecule has 0 unspecified atom stereocenters. The number of unbranched alkanes of at least 4 members (excludes halogenated alkanes) is 1. The molecule has 15 heavy (non-hydrogen) atoms. The van der Waals surface area contributed by atoms with E-state index in [2.05, 4.69) is 27.7 Å². The highest BCUT2D eigenvalue weighted by Crippen LogP contribution is 2.13. The van der Waals surface area contributed by atoms with Crippen LogP contribution in [0.25, 0.3) is 0 Å². The van der Waals surface area contributed by atoms with Crippen molar-refractivity contribution in [1.82, 2.24) is 4.90 Å². The molecule has 0 aromatic rings. The van der Waals surface area contributed by atoms with Crippen LogP contribution < -0.4 is 0 Å². The number of esters is 1. The molecule has 0 rings (SSSR count). The molecule has 0 saturated heterocycles. The Kier molecular flexibility index (Phi) is 6.57. The van der Waals surface area contributed by atoms with Crippen LogP contribution in [0.15, 0.2) is 0 Å². The van der Waals surface area contributed by atoms with Crippen molar-refractivity contribution in [3.63, 3.8) is 0 Å². The Hall–Kier alpha value is -0.570. The Balaban J connectivity index is 3.67. The largest absolute Gasteiger partial charge is 0.465 e. The summed E-state index contributed by atoms with van der Waals surface area (Å²) in [5, 5.41) is 0. The molecule has 3 nitrogen and oxygen atoms in total. The number of hydrogen-bond acceptors (Lipinski definition) is 3. The summed E-state index contributed by atoms with van der Waals surface area (Å²) in [6.07, 6.45) is 2.01. The molecule has 0 spiro atoms. The summed E-state index contributed by atoms with van der Waals surface area (Å²) in [5.41, 5.74) is 0.221. The van der Waals surface area contributed by atoms with Crippen molar-refractivity contribution in [2.75, 3.05) is 26.7 Å². The van der Waals surface area contributed by atoms with Gasteiger partial charge in [0.2, 0.25) is 0 Å². The number of rotatable bonds is 6. The van der Waals surface area contributed by atoms with E-state index in [-0.39, 0.29) is 11.4 Å². The van der Waals surface area contributed by atoms with E-state index in [4.69, 9.17) is 4.74 Å². The van der Waals surface area contributed by atoms with Gasteiger partial charge >= 0.3 is 5.97 Å². The predicted octanol–water partition coefficient (Wildman–Crippen LogP) is 2.31. The normalized spacial score (nSPS) is 11.9. The Labute approximate surface area is 93.8 Å². The lowest BCUT2D eigenvalue weighted by molar-refractivity contribution is -0.144. The van der Waals surface area contributed by atoms with E-state index in [1.807, 2.05) is 11.9 Å². The highest BCUT2D eigenvalue weighted by molar-refractivity contribution is 5.71. The van der Waals surface area contributed by atoms with Crippen LogP contribution in [0.5, 0.6) is 0 Å². The molecule has 0 saturated carbocycles. The summed E-state index contributed by atoms with van der Waals surface area (Å²) < 4.78 is 5.09. The maximum absolute atomic E-state index is 11.4. The highest BCUT2D eigenvalue weighted by Gasteiger charge is 2.15. The standard InChI is InChI=1S/C12H25NO2/c1-6-7-8-15-11(14)9-13(5)10-12(2,3)4/h6-10H2,1-5H3. The second kappa shape index (κ2) is 6.83. The van der Waals surface area contributed by atoms with Gasteiger partial charge < -0.3 is 4.74 Å². The molecule has 0 aliphatic rings. The molecule has 0 bridgehead atoms. The molecule has 0 aromatic heterocycles. The quantitative estimate of drug-likeness (QED) is 0.503. The number of ether oxygens (including phenoxy) is 1. The van der Waals surface area contributed by atoms with Crippen molar-refractivity contribution in [2.45, 2.75) is 40.5 Å². The molecule has 0 atom stereocenters. The number of carbonyl (C=O) groups excluding carboxylic acids is 1. The van der Waals surface area contributed by atoms with Crippen molar-refractivity contribution < 1.29 is 9.53 Å². The molecule has 0 aliphatic heterocycles. The fraction of sp³-hybridized carbons (Fsp3) is 0.917. The first-order valence-corrected chi connectivity index (χ1v) is 5.69. The third-order valence-corrected chi connectivity index (χ3v) is 1.90. The van der Waals surface area contributed by atoms with Crippen LogP contribution >= 0.6 is 0 Å². The molecule has 0 amide bonds. The second-order valence-electron chi connectivity index (χ2n) is 5.31. The maximum Gasteiger partial charge on any atom is 0.320 e. The fourth-order valence-corrected chi connectivity index (χ4v) is 1.46. The zero-order chi connectivity index (χ0) is 11.9. The van der Waals surface area contributed by atoms with Crippen molar-refractivity contribution >= 4 is 5.97 Å². The Morgan fingerprint density at radius 1 is 1.33 bits per heavy atom. The van der Waals surface area contributed by atoms with Crippen molar-refractivity contribution in [2.24, 2.45) is 5.41 Å². The Morgan fingerprint density at radius 2 is 1.93 bits per heavy atom. The van der Waals surface area contributed by atoms with Crippen LogP contribution in [0.2, 0.25) is 0 Å². The van der Waals surface area contributed by atoms with Crippen molar-refractivity contribution in [3.8, 4) is 0 Å². The molecular weight excluding hydrogens is 190 g/mol.